The molecular weight excluding hydrogens is 384 g/mol. The number of Topliss-reactive ketones (excluding diaryl/α,β-unsaturated/α-hetero) is 1. The number of fused-ring (bicyclic) bond motifs is 7. The van der Waals surface area contributed by atoms with Crippen LogP contribution in [0.5, 0.6) is 17.2 Å². The van der Waals surface area contributed by atoms with Gasteiger partial charge in [0, 0.05) is 40.4 Å². The first-order valence-corrected chi connectivity index (χ1v) is 11.0. The predicted octanol–water partition coefficient (Wildman–Crippen LogP) is 3.88. The van der Waals surface area contributed by atoms with Crippen LogP contribution in [0.4, 0.5) is 0 Å². The minimum Gasteiger partial charge on any atom is -0.496 e. The Kier molecular flexibility index (Phi) is 4.43. The molecule has 1 aromatic rings. The van der Waals surface area contributed by atoms with Crippen LogP contribution < -0.4 is 14.2 Å². The minimum absolute atomic E-state index is 0.190. The zero-order chi connectivity index (χ0) is 21.3. The first-order chi connectivity index (χ1) is 14.3. The molecular formula is C24H32O6. The molecule has 1 saturated heterocycles. The summed E-state index contributed by atoms with van der Waals surface area (Å²) >= 11 is 0. The lowest BCUT2D eigenvalue weighted by Crippen LogP contribution is -2.65. The number of ketones is 1. The summed E-state index contributed by atoms with van der Waals surface area (Å²) in [5, 5.41) is 0. The Balaban J connectivity index is 1.73. The highest BCUT2D eigenvalue weighted by Crippen LogP contribution is 2.68. The zero-order valence-electron chi connectivity index (χ0n) is 18.6. The molecule has 2 bridgehead atoms. The van der Waals surface area contributed by atoms with Crippen LogP contribution in [0.2, 0.25) is 0 Å². The number of carbonyl (C=O) groups excluding carboxylic acids is 1. The van der Waals surface area contributed by atoms with Gasteiger partial charge in [-0.3, -0.25) is 4.79 Å². The highest BCUT2D eigenvalue weighted by Gasteiger charge is 2.69. The van der Waals surface area contributed by atoms with E-state index >= 15 is 0 Å². The molecule has 1 aromatic carbocycles. The second-order valence-electron chi connectivity index (χ2n) is 9.73. The number of hydrogen-bond donors (Lipinski definition) is 0. The molecule has 6 heteroatoms. The van der Waals surface area contributed by atoms with Crippen molar-refractivity contribution in [3.63, 3.8) is 0 Å². The Hall–Kier alpha value is -1.79. The maximum atomic E-state index is 13.9. The number of carbonyl (C=O) groups is 1. The van der Waals surface area contributed by atoms with Crippen LogP contribution in [0.25, 0.3) is 0 Å². The fourth-order valence-corrected chi connectivity index (χ4v) is 7.34. The summed E-state index contributed by atoms with van der Waals surface area (Å²) in [5.41, 5.74) is 1.27. The van der Waals surface area contributed by atoms with E-state index in [4.69, 9.17) is 23.7 Å². The average Bonchev–Trinajstić information content (AvgIpc) is 3.21. The van der Waals surface area contributed by atoms with E-state index in [0.29, 0.717) is 43.3 Å². The second kappa shape index (κ2) is 6.60. The Bertz CT molecular complexity index is 888. The molecule has 1 heterocycles. The molecule has 1 spiro atoms. The SMILES string of the molecule is COc1cc(OC)c2c(c1OC)C[C@@]1(C)C(=O)C2C[C@@]2(C)[C@H]1CCCC21OCCO1. The van der Waals surface area contributed by atoms with E-state index in [1.165, 1.54) is 0 Å². The van der Waals surface area contributed by atoms with Crippen LogP contribution in [0.15, 0.2) is 6.07 Å². The van der Waals surface area contributed by atoms with Crippen LogP contribution in [0.1, 0.15) is 56.6 Å². The Morgan fingerprint density at radius 3 is 2.37 bits per heavy atom. The van der Waals surface area contributed by atoms with Crippen molar-refractivity contribution < 1.29 is 28.5 Å². The van der Waals surface area contributed by atoms with Gasteiger partial charge in [-0.1, -0.05) is 13.8 Å². The van der Waals surface area contributed by atoms with Gasteiger partial charge in [-0.05, 0) is 31.6 Å². The monoisotopic (exact) mass is 416 g/mol. The number of benzene rings is 1. The molecule has 3 fully saturated rings. The summed E-state index contributed by atoms with van der Waals surface area (Å²) in [7, 11) is 4.95. The van der Waals surface area contributed by atoms with Gasteiger partial charge in [0.15, 0.2) is 17.3 Å². The fraction of sp³-hybridized carbons (Fsp3) is 0.708. The summed E-state index contributed by atoms with van der Waals surface area (Å²) in [5.74, 6) is 1.72. The number of methoxy groups -OCH3 is 3. The van der Waals surface area contributed by atoms with E-state index in [1.54, 1.807) is 21.3 Å². The van der Waals surface area contributed by atoms with Crippen LogP contribution in [0, 0.1) is 16.7 Å². The van der Waals surface area contributed by atoms with E-state index < -0.39 is 11.2 Å². The Morgan fingerprint density at radius 1 is 1.03 bits per heavy atom. The molecule has 6 nitrogen and oxygen atoms in total. The molecule has 0 radical (unpaired) electrons. The maximum absolute atomic E-state index is 13.9. The van der Waals surface area contributed by atoms with Gasteiger partial charge in [0.1, 0.15) is 11.5 Å². The summed E-state index contributed by atoms with van der Waals surface area (Å²) < 4.78 is 29.8. The molecule has 4 atom stereocenters. The molecule has 4 aliphatic rings. The lowest BCUT2D eigenvalue weighted by Gasteiger charge is -2.63. The lowest BCUT2D eigenvalue weighted by molar-refractivity contribution is -0.288. The van der Waals surface area contributed by atoms with Crippen molar-refractivity contribution in [1.29, 1.82) is 0 Å². The smallest absolute Gasteiger partial charge is 0.174 e. The van der Waals surface area contributed by atoms with Crippen molar-refractivity contribution in [3.05, 3.63) is 17.2 Å². The first kappa shape index (κ1) is 20.1. The third-order valence-corrected chi connectivity index (χ3v) is 8.56. The molecule has 0 N–H and O–H groups in total. The molecule has 3 aliphatic carbocycles. The van der Waals surface area contributed by atoms with Gasteiger partial charge in [0.25, 0.3) is 0 Å². The third-order valence-electron chi connectivity index (χ3n) is 8.56. The van der Waals surface area contributed by atoms with Crippen LogP contribution in [-0.2, 0) is 20.7 Å². The van der Waals surface area contributed by atoms with Gasteiger partial charge >= 0.3 is 0 Å². The largest absolute Gasteiger partial charge is 0.496 e. The molecule has 1 aliphatic heterocycles. The van der Waals surface area contributed by atoms with Gasteiger partial charge in [-0.15, -0.1) is 0 Å². The van der Waals surface area contributed by atoms with Crippen molar-refractivity contribution in [2.75, 3.05) is 34.5 Å². The molecule has 0 aromatic heterocycles. The molecule has 30 heavy (non-hydrogen) atoms. The molecule has 0 amide bonds. The van der Waals surface area contributed by atoms with Crippen molar-refractivity contribution >= 4 is 5.78 Å². The highest BCUT2D eigenvalue weighted by molar-refractivity contribution is 5.96. The third kappa shape index (κ3) is 2.29. The van der Waals surface area contributed by atoms with Crippen molar-refractivity contribution in [2.24, 2.45) is 16.7 Å². The predicted molar refractivity (Wildman–Crippen MR) is 110 cm³/mol. The highest BCUT2D eigenvalue weighted by atomic mass is 16.7. The normalized spacial score (nSPS) is 36.2. The summed E-state index contributed by atoms with van der Waals surface area (Å²) in [6, 6.07) is 1.85. The quantitative estimate of drug-likeness (QED) is 0.745. The molecule has 5 rings (SSSR count). The first-order valence-electron chi connectivity index (χ1n) is 11.0. The van der Waals surface area contributed by atoms with Gasteiger partial charge in [-0.2, -0.15) is 0 Å². The van der Waals surface area contributed by atoms with E-state index in [9.17, 15) is 4.79 Å². The van der Waals surface area contributed by atoms with E-state index in [2.05, 4.69) is 13.8 Å². The van der Waals surface area contributed by atoms with E-state index in [-0.39, 0.29) is 17.3 Å². The van der Waals surface area contributed by atoms with Crippen LogP contribution in [0.3, 0.4) is 0 Å². The van der Waals surface area contributed by atoms with Crippen LogP contribution >= 0.6 is 0 Å². The lowest BCUT2D eigenvalue weighted by atomic mass is 9.43. The number of rotatable bonds is 3. The fourth-order valence-electron chi connectivity index (χ4n) is 7.34. The minimum atomic E-state index is -0.586. The molecule has 2 saturated carbocycles. The summed E-state index contributed by atoms with van der Waals surface area (Å²) in [6.45, 7) is 5.69. The number of hydrogen-bond acceptors (Lipinski definition) is 6. The Morgan fingerprint density at radius 2 is 1.73 bits per heavy atom. The topological polar surface area (TPSA) is 63.2 Å². The van der Waals surface area contributed by atoms with Crippen molar-refractivity contribution in [3.8, 4) is 17.2 Å². The van der Waals surface area contributed by atoms with E-state index in [1.807, 2.05) is 6.07 Å². The van der Waals surface area contributed by atoms with Gasteiger partial charge < -0.3 is 23.7 Å². The summed E-state index contributed by atoms with van der Waals surface area (Å²) in [6.07, 6.45) is 4.24. The van der Waals surface area contributed by atoms with Crippen LogP contribution in [-0.4, -0.2) is 46.1 Å². The van der Waals surface area contributed by atoms with E-state index in [0.717, 1.165) is 36.1 Å². The number of ether oxygens (including phenoxy) is 5. The van der Waals surface area contributed by atoms with Gasteiger partial charge in [-0.25, -0.2) is 0 Å². The Labute approximate surface area is 178 Å². The van der Waals surface area contributed by atoms with Gasteiger partial charge in [0.05, 0.1) is 34.5 Å². The van der Waals surface area contributed by atoms with Gasteiger partial charge in [0.2, 0.25) is 0 Å². The summed E-state index contributed by atoms with van der Waals surface area (Å²) in [4.78, 5) is 13.9. The van der Waals surface area contributed by atoms with Crippen molar-refractivity contribution in [2.45, 2.75) is 57.7 Å². The molecule has 1 unspecified atom stereocenters. The average molecular weight is 417 g/mol. The maximum Gasteiger partial charge on any atom is 0.174 e. The second-order valence-corrected chi connectivity index (χ2v) is 9.73. The van der Waals surface area contributed by atoms with Crippen molar-refractivity contribution in [1.82, 2.24) is 0 Å². The molecule has 164 valence electrons. The zero-order valence-corrected chi connectivity index (χ0v) is 18.6. The standard InChI is InChI=1S/C24H32O6/c1-22-12-14-19(16(26-3)11-17(27-4)20(14)28-5)15(21(22)25)13-23(2)18(22)7-6-8-24(23)29-9-10-30-24/h11,15,18H,6-10,12-13H2,1-5H3/t15?,18-,22+,23-/m0/s1.